The summed E-state index contributed by atoms with van der Waals surface area (Å²) in [6, 6.07) is 8.82. The van der Waals surface area contributed by atoms with Crippen molar-refractivity contribution in [1.82, 2.24) is 4.98 Å². The molecule has 0 saturated carbocycles. The van der Waals surface area contributed by atoms with E-state index in [2.05, 4.69) is 4.98 Å². The largest absolute Gasteiger partial charge is 0.507 e. The average Bonchev–Trinajstić information content (AvgIpc) is 2.65. The van der Waals surface area contributed by atoms with E-state index in [-0.39, 0.29) is 33.5 Å². The lowest BCUT2D eigenvalue weighted by Gasteiger charge is -2.13. The van der Waals surface area contributed by atoms with Crippen LogP contribution in [0.15, 0.2) is 48.8 Å². The van der Waals surface area contributed by atoms with Gasteiger partial charge in [0.25, 0.3) is 0 Å². The van der Waals surface area contributed by atoms with Crippen molar-refractivity contribution in [2.24, 2.45) is 0 Å². The van der Waals surface area contributed by atoms with Gasteiger partial charge < -0.3 is 14.9 Å². The fraction of sp³-hybridized carbons (Fsp3) is 0.100. The quantitative estimate of drug-likeness (QED) is 0.588. The van der Waals surface area contributed by atoms with Crippen LogP contribution < -0.4 is 4.74 Å². The third kappa shape index (κ3) is 4.52. The zero-order chi connectivity index (χ0) is 20.3. The lowest BCUT2D eigenvalue weighted by molar-refractivity contribution is -0.139. The number of benzene rings is 2. The minimum atomic E-state index is -1.13. The first-order valence-corrected chi connectivity index (χ1v) is 8.85. The molecule has 0 aliphatic rings. The molecule has 1 heterocycles. The van der Waals surface area contributed by atoms with Gasteiger partial charge in [0.05, 0.1) is 0 Å². The van der Waals surface area contributed by atoms with Gasteiger partial charge in [0.2, 0.25) is 0 Å². The summed E-state index contributed by atoms with van der Waals surface area (Å²) in [5, 5.41) is 19.2. The summed E-state index contributed by atoms with van der Waals surface area (Å²) in [5.74, 6) is -1.73. The van der Waals surface area contributed by atoms with Crippen molar-refractivity contribution in [2.75, 3.05) is 6.61 Å². The summed E-state index contributed by atoms with van der Waals surface area (Å²) in [4.78, 5) is 14.5. The molecule has 2 N–H and O–H groups in total. The van der Waals surface area contributed by atoms with Crippen molar-refractivity contribution >= 4 is 29.2 Å². The fourth-order valence-corrected chi connectivity index (χ4v) is 3.27. The Bertz CT molecular complexity index is 1010. The molecule has 3 rings (SSSR count). The van der Waals surface area contributed by atoms with Crippen LogP contribution in [0.4, 0.5) is 4.39 Å². The monoisotopic (exact) mass is 421 g/mol. The van der Waals surface area contributed by atoms with Crippen LogP contribution in [0.25, 0.3) is 11.1 Å². The first kappa shape index (κ1) is 19.9. The van der Waals surface area contributed by atoms with Crippen LogP contribution in [0.2, 0.25) is 10.0 Å². The smallest absolute Gasteiger partial charge is 0.341 e. The molecule has 8 heteroatoms. The van der Waals surface area contributed by atoms with Gasteiger partial charge >= 0.3 is 5.97 Å². The van der Waals surface area contributed by atoms with Crippen molar-refractivity contribution in [3.63, 3.8) is 0 Å². The van der Waals surface area contributed by atoms with E-state index in [1.807, 2.05) is 0 Å². The van der Waals surface area contributed by atoms with E-state index >= 15 is 0 Å². The number of pyridine rings is 1. The SMILES string of the molecule is O=C(O)COc1cc(Cl)c(Cc2cc(-c3ccncc3)c(O)cc2F)c(Cl)c1. The Morgan fingerprint density at radius 2 is 1.75 bits per heavy atom. The summed E-state index contributed by atoms with van der Waals surface area (Å²) in [6.07, 6.45) is 3.21. The highest BCUT2D eigenvalue weighted by atomic mass is 35.5. The molecular weight excluding hydrogens is 408 g/mol. The molecule has 3 aromatic rings. The van der Waals surface area contributed by atoms with Gasteiger partial charge in [-0.2, -0.15) is 0 Å². The van der Waals surface area contributed by atoms with Gasteiger partial charge in [-0.3, -0.25) is 4.98 Å². The summed E-state index contributed by atoms with van der Waals surface area (Å²) in [7, 11) is 0. The summed E-state index contributed by atoms with van der Waals surface area (Å²) in [6.45, 7) is -0.534. The standard InChI is InChI=1S/C20H14Cl2FNO4/c21-16-7-13(28-10-20(26)27)8-17(22)15(16)6-12-5-14(19(25)9-18(12)23)11-1-3-24-4-2-11/h1-5,7-9,25H,6,10H2,(H,26,27). The molecule has 0 saturated heterocycles. The zero-order valence-electron chi connectivity index (χ0n) is 14.3. The molecule has 0 amide bonds. The number of phenols is 1. The number of aromatic hydroxyl groups is 1. The number of halogens is 3. The summed E-state index contributed by atoms with van der Waals surface area (Å²) >= 11 is 12.5. The second-order valence-electron chi connectivity index (χ2n) is 5.92. The molecule has 0 atom stereocenters. The number of carboxylic acid groups (broad SMARTS) is 1. The lowest BCUT2D eigenvalue weighted by Crippen LogP contribution is -2.09. The topological polar surface area (TPSA) is 79.7 Å². The highest BCUT2D eigenvalue weighted by molar-refractivity contribution is 6.36. The molecule has 0 bridgehead atoms. The van der Waals surface area contributed by atoms with Crippen LogP contribution in [-0.4, -0.2) is 27.8 Å². The molecule has 144 valence electrons. The average molecular weight is 422 g/mol. The summed E-state index contributed by atoms with van der Waals surface area (Å²) < 4.78 is 19.5. The van der Waals surface area contributed by atoms with Crippen LogP contribution in [-0.2, 0) is 11.2 Å². The molecule has 5 nitrogen and oxygen atoms in total. The highest BCUT2D eigenvalue weighted by Gasteiger charge is 2.16. The van der Waals surface area contributed by atoms with E-state index in [9.17, 15) is 14.3 Å². The van der Waals surface area contributed by atoms with Crippen molar-refractivity contribution in [3.8, 4) is 22.6 Å². The maximum absolute atomic E-state index is 14.4. The maximum atomic E-state index is 14.4. The van der Waals surface area contributed by atoms with E-state index in [0.717, 1.165) is 6.07 Å². The first-order chi connectivity index (χ1) is 13.3. The predicted octanol–water partition coefficient (Wildman–Crippen LogP) is 4.95. The second-order valence-corrected chi connectivity index (χ2v) is 6.74. The van der Waals surface area contributed by atoms with E-state index in [1.165, 1.54) is 18.2 Å². The predicted molar refractivity (Wildman–Crippen MR) is 104 cm³/mol. The number of hydrogen-bond acceptors (Lipinski definition) is 4. The maximum Gasteiger partial charge on any atom is 0.341 e. The molecule has 0 aliphatic carbocycles. The number of ether oxygens (including phenoxy) is 1. The number of phenolic OH excluding ortho intramolecular Hbond substituents is 1. The number of hydrogen-bond donors (Lipinski definition) is 2. The molecule has 2 aromatic carbocycles. The Kier molecular flexibility index (Phi) is 6.02. The normalized spacial score (nSPS) is 10.7. The highest BCUT2D eigenvalue weighted by Crippen LogP contribution is 2.36. The van der Waals surface area contributed by atoms with E-state index in [1.54, 1.807) is 24.5 Å². The van der Waals surface area contributed by atoms with E-state index in [4.69, 9.17) is 33.0 Å². The van der Waals surface area contributed by atoms with Gasteiger partial charge in [-0.25, -0.2) is 9.18 Å². The minimum absolute atomic E-state index is 0.0705. The third-order valence-electron chi connectivity index (χ3n) is 4.00. The van der Waals surface area contributed by atoms with Gasteiger partial charge in [-0.15, -0.1) is 0 Å². The Labute approximate surface area is 169 Å². The Morgan fingerprint density at radius 3 is 2.36 bits per heavy atom. The summed E-state index contributed by atoms with van der Waals surface area (Å²) in [5.41, 5.74) is 1.87. The van der Waals surface area contributed by atoms with Gasteiger partial charge in [0.1, 0.15) is 17.3 Å². The van der Waals surface area contributed by atoms with Crippen molar-refractivity contribution in [1.29, 1.82) is 0 Å². The van der Waals surface area contributed by atoms with Gasteiger partial charge in [0, 0.05) is 40.5 Å². The number of carbonyl (C=O) groups is 1. The second kappa shape index (κ2) is 8.46. The number of nitrogens with zero attached hydrogens (tertiary/aromatic N) is 1. The third-order valence-corrected chi connectivity index (χ3v) is 4.67. The van der Waals surface area contributed by atoms with Crippen LogP contribution >= 0.6 is 23.2 Å². The van der Waals surface area contributed by atoms with Crippen molar-refractivity contribution < 1.29 is 24.1 Å². The first-order valence-electron chi connectivity index (χ1n) is 8.09. The Hall–Kier alpha value is -2.83. The van der Waals surface area contributed by atoms with Crippen LogP contribution in [0.3, 0.4) is 0 Å². The zero-order valence-corrected chi connectivity index (χ0v) is 15.8. The molecule has 0 unspecified atom stereocenters. The molecular formula is C20H14Cl2FNO4. The van der Waals surface area contributed by atoms with Crippen LogP contribution in [0.1, 0.15) is 11.1 Å². The molecule has 28 heavy (non-hydrogen) atoms. The molecule has 0 fully saturated rings. The fourth-order valence-electron chi connectivity index (χ4n) is 2.67. The number of aromatic nitrogens is 1. The van der Waals surface area contributed by atoms with Gasteiger partial charge in [-0.05, 0) is 47.0 Å². The van der Waals surface area contributed by atoms with Gasteiger partial charge in [0.15, 0.2) is 6.61 Å². The van der Waals surface area contributed by atoms with Gasteiger partial charge in [-0.1, -0.05) is 23.2 Å². The Balaban J connectivity index is 1.94. The van der Waals surface area contributed by atoms with E-state index in [0.29, 0.717) is 16.7 Å². The van der Waals surface area contributed by atoms with Crippen LogP contribution in [0, 0.1) is 5.82 Å². The molecule has 1 aromatic heterocycles. The Morgan fingerprint density at radius 1 is 1.11 bits per heavy atom. The number of aliphatic carboxylic acids is 1. The molecule has 0 spiro atoms. The van der Waals surface area contributed by atoms with Crippen molar-refractivity contribution in [3.05, 3.63) is 75.8 Å². The van der Waals surface area contributed by atoms with Crippen molar-refractivity contribution in [2.45, 2.75) is 6.42 Å². The number of carboxylic acids is 1. The van der Waals surface area contributed by atoms with E-state index < -0.39 is 18.4 Å². The lowest BCUT2D eigenvalue weighted by atomic mass is 9.98. The number of rotatable bonds is 6. The molecule has 0 aliphatic heterocycles. The molecule has 0 radical (unpaired) electrons. The van der Waals surface area contributed by atoms with Crippen LogP contribution in [0.5, 0.6) is 11.5 Å². The minimum Gasteiger partial charge on any atom is -0.507 e.